The number of benzene rings is 1. The van der Waals surface area contributed by atoms with Crippen LogP contribution in [0.5, 0.6) is 5.75 Å². The minimum Gasteiger partial charge on any atom is -0.490 e. The van der Waals surface area contributed by atoms with Crippen LogP contribution in [0.4, 0.5) is 0 Å². The van der Waals surface area contributed by atoms with Gasteiger partial charge in [0.15, 0.2) is 5.96 Å². The number of aryl methyl sites for hydroxylation is 1. The first-order valence-electron chi connectivity index (χ1n) is 11.3. The lowest BCUT2D eigenvalue weighted by molar-refractivity contribution is -0.0453. The summed E-state index contributed by atoms with van der Waals surface area (Å²) in [7, 11) is 1.82. The number of halogens is 1. The second kappa shape index (κ2) is 11.5. The van der Waals surface area contributed by atoms with E-state index in [0.29, 0.717) is 18.7 Å². The highest BCUT2D eigenvalue weighted by Crippen LogP contribution is 2.27. The molecule has 1 aromatic rings. The molecule has 2 heterocycles. The number of nitrogens with one attached hydrogen (secondary N) is 2. The molecule has 0 radical (unpaired) electrons. The fourth-order valence-electron chi connectivity index (χ4n) is 4.72. The number of rotatable bonds is 6. The Bertz CT molecular complexity index is 708. The van der Waals surface area contributed by atoms with Crippen LogP contribution in [0.15, 0.2) is 23.2 Å². The first-order chi connectivity index (χ1) is 14.2. The molecule has 168 valence electrons. The third-order valence-corrected chi connectivity index (χ3v) is 6.45. The van der Waals surface area contributed by atoms with E-state index in [9.17, 15) is 0 Å². The van der Waals surface area contributed by atoms with Crippen molar-refractivity contribution in [3.8, 4) is 5.75 Å². The van der Waals surface area contributed by atoms with Gasteiger partial charge >= 0.3 is 0 Å². The number of ether oxygens (including phenoxy) is 2. The summed E-state index contributed by atoms with van der Waals surface area (Å²) in [6, 6.07) is 7.12. The van der Waals surface area contributed by atoms with Crippen molar-refractivity contribution in [2.75, 3.05) is 33.3 Å². The lowest BCUT2D eigenvalue weighted by Crippen LogP contribution is -2.51. The summed E-state index contributed by atoms with van der Waals surface area (Å²) >= 11 is 0. The van der Waals surface area contributed by atoms with E-state index in [4.69, 9.17) is 9.47 Å². The van der Waals surface area contributed by atoms with Gasteiger partial charge in [0, 0.05) is 38.3 Å². The van der Waals surface area contributed by atoms with Crippen LogP contribution in [0.3, 0.4) is 0 Å². The van der Waals surface area contributed by atoms with Gasteiger partial charge in [-0.05, 0) is 63.6 Å². The second-order valence-corrected chi connectivity index (χ2v) is 8.69. The van der Waals surface area contributed by atoms with Crippen LogP contribution in [-0.4, -0.2) is 62.4 Å². The van der Waals surface area contributed by atoms with Crippen LogP contribution < -0.4 is 15.4 Å². The van der Waals surface area contributed by atoms with E-state index in [1.54, 1.807) is 0 Å². The molecule has 3 fully saturated rings. The van der Waals surface area contributed by atoms with Gasteiger partial charge in [-0.1, -0.05) is 12.1 Å². The van der Waals surface area contributed by atoms with Crippen LogP contribution in [0.1, 0.15) is 49.7 Å². The fourth-order valence-corrected chi connectivity index (χ4v) is 4.72. The second-order valence-electron chi connectivity index (χ2n) is 8.69. The lowest BCUT2D eigenvalue weighted by Gasteiger charge is -2.35. The van der Waals surface area contributed by atoms with E-state index < -0.39 is 0 Å². The van der Waals surface area contributed by atoms with Gasteiger partial charge in [0.2, 0.25) is 0 Å². The Morgan fingerprint density at radius 1 is 1.20 bits per heavy atom. The first-order valence-corrected chi connectivity index (χ1v) is 11.3. The van der Waals surface area contributed by atoms with Crippen molar-refractivity contribution in [1.82, 2.24) is 15.5 Å². The predicted octanol–water partition coefficient (Wildman–Crippen LogP) is 3.46. The Labute approximate surface area is 198 Å². The zero-order chi connectivity index (χ0) is 20.1. The molecule has 4 rings (SSSR count). The van der Waals surface area contributed by atoms with Crippen molar-refractivity contribution in [1.29, 1.82) is 0 Å². The lowest BCUT2D eigenvalue weighted by atomic mass is 10.1. The quantitative estimate of drug-likeness (QED) is 0.337. The van der Waals surface area contributed by atoms with Crippen molar-refractivity contribution in [3.63, 3.8) is 0 Å². The smallest absolute Gasteiger partial charge is 0.191 e. The van der Waals surface area contributed by atoms with Gasteiger partial charge in [-0.15, -0.1) is 24.0 Å². The molecule has 2 N–H and O–H groups in total. The summed E-state index contributed by atoms with van der Waals surface area (Å²) < 4.78 is 12.4. The summed E-state index contributed by atoms with van der Waals surface area (Å²) in [6.07, 6.45) is 8.08. The van der Waals surface area contributed by atoms with Crippen LogP contribution in [0, 0.1) is 6.92 Å². The van der Waals surface area contributed by atoms with Crippen molar-refractivity contribution >= 4 is 29.9 Å². The van der Waals surface area contributed by atoms with Crippen LogP contribution >= 0.6 is 24.0 Å². The van der Waals surface area contributed by atoms with E-state index in [2.05, 4.69) is 45.6 Å². The average Bonchev–Trinajstić information content (AvgIpc) is 3.40. The molecule has 7 heteroatoms. The number of guanidine groups is 1. The maximum Gasteiger partial charge on any atom is 0.191 e. The average molecular weight is 528 g/mol. The minimum absolute atomic E-state index is 0. The van der Waals surface area contributed by atoms with E-state index in [1.165, 1.54) is 56.2 Å². The molecular weight excluding hydrogens is 491 g/mol. The van der Waals surface area contributed by atoms with Crippen LogP contribution in [0.25, 0.3) is 0 Å². The van der Waals surface area contributed by atoms with Gasteiger partial charge in [0.1, 0.15) is 5.75 Å². The minimum atomic E-state index is 0. The van der Waals surface area contributed by atoms with E-state index >= 15 is 0 Å². The number of fused-ring (bicyclic) bond motifs is 1. The first kappa shape index (κ1) is 23.6. The van der Waals surface area contributed by atoms with Crippen molar-refractivity contribution < 1.29 is 9.47 Å². The van der Waals surface area contributed by atoms with Gasteiger partial charge in [0.05, 0.1) is 18.8 Å². The van der Waals surface area contributed by atoms with Crippen LogP contribution in [0.2, 0.25) is 0 Å². The Kier molecular flexibility index (Phi) is 9.07. The molecular formula is C23H37IN4O2. The maximum atomic E-state index is 6.32. The number of hydrogen-bond acceptors (Lipinski definition) is 4. The van der Waals surface area contributed by atoms with Gasteiger partial charge in [-0.2, -0.15) is 0 Å². The van der Waals surface area contributed by atoms with Crippen molar-refractivity contribution in [3.05, 3.63) is 29.3 Å². The highest BCUT2D eigenvalue weighted by molar-refractivity contribution is 14.0. The number of morpholine rings is 1. The molecule has 0 bridgehead atoms. The molecule has 1 saturated carbocycles. The monoisotopic (exact) mass is 528 g/mol. The Balaban J connectivity index is 0.00000256. The number of hydrogen-bond donors (Lipinski definition) is 2. The molecule has 2 atom stereocenters. The molecule has 6 nitrogen and oxygen atoms in total. The molecule has 30 heavy (non-hydrogen) atoms. The third-order valence-electron chi connectivity index (χ3n) is 6.45. The Morgan fingerprint density at radius 2 is 2.03 bits per heavy atom. The fraction of sp³-hybridized carbons (Fsp3) is 0.696. The Hall–Kier alpha value is -1.06. The maximum absolute atomic E-state index is 6.32. The summed E-state index contributed by atoms with van der Waals surface area (Å²) in [4.78, 5) is 6.96. The zero-order valence-electron chi connectivity index (χ0n) is 18.4. The normalized spacial score (nSPS) is 24.9. The highest BCUT2D eigenvalue weighted by atomic mass is 127. The van der Waals surface area contributed by atoms with E-state index in [0.717, 1.165) is 31.4 Å². The SMILES string of the molecule is CN=C(NCc1ccc(C)cc1OC1CCCC1)NCC1CN2CCCC2CO1.I. The summed E-state index contributed by atoms with van der Waals surface area (Å²) in [5, 5.41) is 6.89. The number of nitrogens with zero attached hydrogens (tertiary/aromatic N) is 2. The highest BCUT2D eigenvalue weighted by Gasteiger charge is 2.32. The number of aliphatic imine (C=N–C) groups is 1. The third kappa shape index (κ3) is 6.23. The van der Waals surface area contributed by atoms with Crippen molar-refractivity contribution in [2.24, 2.45) is 4.99 Å². The van der Waals surface area contributed by atoms with E-state index in [-0.39, 0.29) is 30.1 Å². The molecule has 2 unspecified atom stereocenters. The molecule has 1 aliphatic carbocycles. The molecule has 1 aromatic carbocycles. The summed E-state index contributed by atoms with van der Waals surface area (Å²) in [5.41, 5.74) is 2.41. The van der Waals surface area contributed by atoms with Gasteiger partial charge in [-0.25, -0.2) is 0 Å². The topological polar surface area (TPSA) is 58.1 Å². The summed E-state index contributed by atoms with van der Waals surface area (Å²) in [6.45, 7) is 6.70. The van der Waals surface area contributed by atoms with Crippen molar-refractivity contribution in [2.45, 2.75) is 70.2 Å². The molecule has 2 saturated heterocycles. The van der Waals surface area contributed by atoms with Gasteiger partial charge in [0.25, 0.3) is 0 Å². The standard InChI is InChI=1S/C23H36N4O2.HI/c1-17-9-10-18(22(12-17)29-20-7-3-4-8-20)13-25-23(24-2)26-14-21-15-27-11-5-6-19(27)16-28-21;/h9-10,12,19-21H,3-8,11,13-16H2,1-2H3,(H2,24,25,26);1H. The molecule has 0 amide bonds. The van der Waals surface area contributed by atoms with Gasteiger partial charge in [-0.3, -0.25) is 9.89 Å². The molecule has 0 aromatic heterocycles. The molecule has 0 spiro atoms. The molecule has 2 aliphatic heterocycles. The Morgan fingerprint density at radius 3 is 2.83 bits per heavy atom. The largest absolute Gasteiger partial charge is 0.490 e. The zero-order valence-corrected chi connectivity index (χ0v) is 20.7. The van der Waals surface area contributed by atoms with Crippen LogP contribution in [-0.2, 0) is 11.3 Å². The van der Waals surface area contributed by atoms with Gasteiger partial charge < -0.3 is 20.1 Å². The predicted molar refractivity (Wildman–Crippen MR) is 132 cm³/mol. The van der Waals surface area contributed by atoms with E-state index in [1.807, 2.05) is 7.05 Å². The summed E-state index contributed by atoms with van der Waals surface area (Å²) in [5.74, 6) is 1.82. The molecule has 3 aliphatic rings.